The third kappa shape index (κ3) is 3.72. The molecule has 0 aromatic heterocycles. The Balaban J connectivity index is 2.02. The molecule has 6 nitrogen and oxygen atoms in total. The maximum Gasteiger partial charge on any atom is 0.335 e. The quantitative estimate of drug-likeness (QED) is 0.778. The first-order valence-electron chi connectivity index (χ1n) is 6.91. The van der Waals surface area contributed by atoms with Crippen LogP contribution in [-0.2, 0) is 0 Å². The number of carboxylic acid groups (broad SMARTS) is 1. The Kier molecular flexibility index (Phi) is 4.18. The summed E-state index contributed by atoms with van der Waals surface area (Å²) in [7, 11) is 0. The third-order valence-corrected chi connectivity index (χ3v) is 3.84. The van der Waals surface area contributed by atoms with E-state index in [2.05, 4.69) is 5.32 Å². The molecule has 21 heavy (non-hydrogen) atoms. The first-order chi connectivity index (χ1) is 9.78. The van der Waals surface area contributed by atoms with Crippen LogP contribution in [0.25, 0.3) is 0 Å². The van der Waals surface area contributed by atoms with Gasteiger partial charge in [-0.3, -0.25) is 0 Å². The summed E-state index contributed by atoms with van der Waals surface area (Å²) in [6.45, 7) is 4.54. The van der Waals surface area contributed by atoms with Gasteiger partial charge in [-0.2, -0.15) is 0 Å². The van der Waals surface area contributed by atoms with E-state index >= 15 is 0 Å². The van der Waals surface area contributed by atoms with Crippen molar-refractivity contribution in [3.05, 3.63) is 29.3 Å². The highest BCUT2D eigenvalue weighted by Gasteiger charge is 2.29. The van der Waals surface area contributed by atoms with Crippen LogP contribution in [0.1, 0.15) is 35.7 Å². The van der Waals surface area contributed by atoms with Crippen LogP contribution in [0.5, 0.6) is 0 Å². The lowest BCUT2D eigenvalue weighted by Crippen LogP contribution is -2.46. The number of piperidine rings is 1. The fraction of sp³-hybridized carbons (Fsp3) is 0.467. The molecule has 3 N–H and O–H groups in total. The molecule has 0 bridgehead atoms. The highest BCUT2D eigenvalue weighted by molar-refractivity contribution is 5.92. The summed E-state index contributed by atoms with van der Waals surface area (Å²) in [5.41, 5.74) is 0.796. The van der Waals surface area contributed by atoms with E-state index in [1.54, 1.807) is 24.8 Å². The number of carbonyl (C=O) groups excluding carboxylic acids is 1. The summed E-state index contributed by atoms with van der Waals surface area (Å²) < 4.78 is 0. The number of urea groups is 1. The number of carboxylic acids is 1. The summed E-state index contributed by atoms with van der Waals surface area (Å²) in [4.78, 5) is 24.7. The van der Waals surface area contributed by atoms with Gasteiger partial charge in [-0.15, -0.1) is 0 Å². The summed E-state index contributed by atoms with van der Waals surface area (Å²) in [6, 6.07) is 4.36. The molecule has 0 atom stereocenters. The van der Waals surface area contributed by atoms with Crippen molar-refractivity contribution in [3.63, 3.8) is 0 Å². The van der Waals surface area contributed by atoms with E-state index in [1.165, 1.54) is 12.1 Å². The number of hydrogen-bond acceptors (Lipinski definition) is 3. The lowest BCUT2D eigenvalue weighted by atomic mass is 9.94. The number of anilines is 1. The van der Waals surface area contributed by atoms with E-state index in [-0.39, 0.29) is 11.6 Å². The Bertz CT molecular complexity index is 559. The molecular weight excluding hydrogens is 272 g/mol. The number of likely N-dealkylation sites (tertiary alicyclic amines) is 1. The third-order valence-electron chi connectivity index (χ3n) is 3.84. The van der Waals surface area contributed by atoms with Gasteiger partial charge in [-0.25, -0.2) is 9.59 Å². The molecule has 0 aliphatic carbocycles. The minimum Gasteiger partial charge on any atom is -0.478 e. The minimum absolute atomic E-state index is 0.194. The number of hydrogen-bond donors (Lipinski definition) is 3. The normalized spacial score (nSPS) is 17.4. The molecule has 1 aliphatic heterocycles. The van der Waals surface area contributed by atoms with Gasteiger partial charge in [-0.05, 0) is 50.5 Å². The Labute approximate surface area is 123 Å². The van der Waals surface area contributed by atoms with Gasteiger partial charge in [-0.1, -0.05) is 0 Å². The van der Waals surface area contributed by atoms with Crippen LogP contribution in [0, 0.1) is 6.92 Å². The van der Waals surface area contributed by atoms with E-state index in [0.29, 0.717) is 37.2 Å². The Hall–Kier alpha value is -2.08. The second kappa shape index (κ2) is 5.73. The van der Waals surface area contributed by atoms with Crippen molar-refractivity contribution in [2.75, 3.05) is 18.4 Å². The number of nitrogens with zero attached hydrogens (tertiary/aromatic N) is 1. The van der Waals surface area contributed by atoms with Gasteiger partial charge in [0.05, 0.1) is 11.2 Å². The SMILES string of the molecule is Cc1cc(C(=O)O)ccc1NC(=O)N1CCC(C)(O)CC1. The Morgan fingerprint density at radius 1 is 1.29 bits per heavy atom. The molecule has 0 spiro atoms. The van der Waals surface area contributed by atoms with Gasteiger partial charge < -0.3 is 20.4 Å². The predicted octanol–water partition coefficient (Wildman–Crippen LogP) is 2.07. The zero-order chi connectivity index (χ0) is 15.6. The van der Waals surface area contributed by atoms with Crippen LogP contribution in [0.2, 0.25) is 0 Å². The molecule has 2 amide bonds. The van der Waals surface area contributed by atoms with Crippen molar-refractivity contribution < 1.29 is 19.8 Å². The van der Waals surface area contributed by atoms with Gasteiger partial charge in [0.15, 0.2) is 0 Å². The molecule has 1 heterocycles. The standard InChI is InChI=1S/C15H20N2O4/c1-10-9-11(13(18)19)3-4-12(10)16-14(20)17-7-5-15(2,21)6-8-17/h3-4,9,21H,5-8H2,1-2H3,(H,16,20)(H,18,19). The van der Waals surface area contributed by atoms with Gasteiger partial charge in [0, 0.05) is 18.8 Å². The first kappa shape index (κ1) is 15.3. The first-order valence-corrected chi connectivity index (χ1v) is 6.91. The van der Waals surface area contributed by atoms with Crippen molar-refractivity contribution in [2.24, 2.45) is 0 Å². The van der Waals surface area contributed by atoms with E-state index in [0.717, 1.165) is 0 Å². The molecule has 114 valence electrons. The number of benzene rings is 1. The molecule has 1 fully saturated rings. The van der Waals surface area contributed by atoms with Crippen molar-refractivity contribution >= 4 is 17.7 Å². The Morgan fingerprint density at radius 2 is 1.90 bits per heavy atom. The van der Waals surface area contributed by atoms with E-state index in [9.17, 15) is 14.7 Å². The lowest BCUT2D eigenvalue weighted by molar-refractivity contribution is 0.00569. The second-order valence-corrected chi connectivity index (χ2v) is 5.75. The van der Waals surface area contributed by atoms with Crippen molar-refractivity contribution in [1.82, 2.24) is 4.90 Å². The van der Waals surface area contributed by atoms with Crippen molar-refractivity contribution in [1.29, 1.82) is 0 Å². The average Bonchev–Trinajstić information content (AvgIpc) is 2.40. The van der Waals surface area contributed by atoms with Crippen LogP contribution < -0.4 is 5.32 Å². The van der Waals surface area contributed by atoms with Crippen LogP contribution in [0.15, 0.2) is 18.2 Å². The molecule has 1 saturated heterocycles. The van der Waals surface area contributed by atoms with Crippen LogP contribution in [0.4, 0.5) is 10.5 Å². The highest BCUT2D eigenvalue weighted by atomic mass is 16.4. The Morgan fingerprint density at radius 3 is 2.43 bits per heavy atom. The number of aliphatic hydroxyl groups is 1. The number of rotatable bonds is 2. The molecule has 0 saturated carbocycles. The van der Waals surface area contributed by atoms with Crippen molar-refractivity contribution in [3.8, 4) is 0 Å². The zero-order valence-corrected chi connectivity index (χ0v) is 12.2. The van der Waals surface area contributed by atoms with E-state index < -0.39 is 11.6 Å². The fourth-order valence-corrected chi connectivity index (χ4v) is 2.32. The molecule has 2 rings (SSSR count). The largest absolute Gasteiger partial charge is 0.478 e. The van der Waals surface area contributed by atoms with Crippen molar-refractivity contribution in [2.45, 2.75) is 32.3 Å². The monoisotopic (exact) mass is 292 g/mol. The predicted molar refractivity (Wildman–Crippen MR) is 78.6 cm³/mol. The second-order valence-electron chi connectivity index (χ2n) is 5.75. The summed E-state index contributed by atoms with van der Waals surface area (Å²) in [5.74, 6) is -0.991. The number of aryl methyl sites for hydroxylation is 1. The molecule has 1 aliphatic rings. The van der Waals surface area contributed by atoms with Gasteiger partial charge >= 0.3 is 12.0 Å². The minimum atomic E-state index is -0.991. The molecule has 0 unspecified atom stereocenters. The fourth-order valence-electron chi connectivity index (χ4n) is 2.32. The van der Waals surface area contributed by atoms with Gasteiger partial charge in [0.2, 0.25) is 0 Å². The average molecular weight is 292 g/mol. The van der Waals surface area contributed by atoms with E-state index in [4.69, 9.17) is 5.11 Å². The van der Waals surface area contributed by atoms with Crippen LogP contribution >= 0.6 is 0 Å². The number of amides is 2. The molecule has 0 radical (unpaired) electrons. The highest BCUT2D eigenvalue weighted by Crippen LogP contribution is 2.22. The maximum absolute atomic E-state index is 12.2. The van der Waals surface area contributed by atoms with Crippen LogP contribution in [0.3, 0.4) is 0 Å². The number of nitrogens with one attached hydrogen (secondary N) is 1. The summed E-state index contributed by atoms with van der Waals surface area (Å²) >= 11 is 0. The zero-order valence-electron chi connectivity index (χ0n) is 12.2. The van der Waals surface area contributed by atoms with Crippen LogP contribution in [-0.4, -0.2) is 45.8 Å². The van der Waals surface area contributed by atoms with Gasteiger partial charge in [0.25, 0.3) is 0 Å². The maximum atomic E-state index is 12.2. The number of carbonyl (C=O) groups is 2. The number of aromatic carboxylic acids is 1. The molecule has 1 aromatic rings. The topological polar surface area (TPSA) is 89.9 Å². The lowest BCUT2D eigenvalue weighted by Gasteiger charge is -2.35. The molecule has 1 aromatic carbocycles. The molecule has 6 heteroatoms. The molecular formula is C15H20N2O4. The van der Waals surface area contributed by atoms with E-state index in [1.807, 2.05) is 0 Å². The van der Waals surface area contributed by atoms with Gasteiger partial charge in [0.1, 0.15) is 0 Å². The summed E-state index contributed by atoms with van der Waals surface area (Å²) in [6.07, 6.45) is 1.11. The summed E-state index contributed by atoms with van der Waals surface area (Å²) in [5, 5.41) is 21.6. The smallest absolute Gasteiger partial charge is 0.335 e.